The number of fused-ring (bicyclic) bond motifs is 1. The topological polar surface area (TPSA) is 42.3 Å². The Hall–Kier alpha value is -0.910. The van der Waals surface area contributed by atoms with Crippen LogP contribution in [0.2, 0.25) is 0 Å². The zero-order chi connectivity index (χ0) is 13.0. The van der Waals surface area contributed by atoms with Crippen molar-refractivity contribution in [2.75, 3.05) is 27.2 Å². The van der Waals surface area contributed by atoms with Crippen LogP contribution < -0.4 is 5.32 Å². The highest BCUT2D eigenvalue weighted by Gasteiger charge is 2.18. The van der Waals surface area contributed by atoms with E-state index >= 15 is 0 Å². The van der Waals surface area contributed by atoms with E-state index in [-0.39, 0.29) is 0 Å². The van der Waals surface area contributed by atoms with Gasteiger partial charge in [0.05, 0.1) is 18.5 Å². The molecule has 102 valence electrons. The van der Waals surface area contributed by atoms with Gasteiger partial charge in [0.1, 0.15) is 0 Å². The Morgan fingerprint density at radius 3 is 2.94 bits per heavy atom. The Labute approximate surface area is 109 Å². The summed E-state index contributed by atoms with van der Waals surface area (Å²) < 4.78 is 2.04. The second kappa shape index (κ2) is 6.31. The fourth-order valence-electron chi connectivity index (χ4n) is 2.50. The summed E-state index contributed by atoms with van der Waals surface area (Å²) in [4.78, 5) is 5.08. The molecule has 1 N–H and O–H groups in total. The molecule has 1 heterocycles. The molecule has 1 aromatic rings. The summed E-state index contributed by atoms with van der Waals surface area (Å²) in [6, 6.07) is 0. The van der Waals surface area contributed by atoms with Gasteiger partial charge in [-0.2, -0.15) is 10.2 Å². The van der Waals surface area contributed by atoms with Gasteiger partial charge in [0.25, 0.3) is 0 Å². The maximum absolute atomic E-state index is 5.08. The number of nitrogens with zero attached hydrogens (tertiary/aromatic N) is 3. The second-order valence-electron chi connectivity index (χ2n) is 4.91. The Morgan fingerprint density at radius 1 is 1.39 bits per heavy atom. The number of aromatic nitrogens is 2. The molecule has 0 radical (unpaired) electrons. The van der Waals surface area contributed by atoms with E-state index in [1.165, 1.54) is 36.2 Å². The molecule has 1 aliphatic carbocycles. The van der Waals surface area contributed by atoms with Gasteiger partial charge in [0.2, 0.25) is 0 Å². The smallest absolute Gasteiger partial charge is 0.0659 e. The van der Waals surface area contributed by atoms with Crippen molar-refractivity contribution in [1.82, 2.24) is 20.2 Å². The number of hydrogen-bond acceptors (Lipinski definition) is 4. The number of rotatable bonds is 6. The van der Waals surface area contributed by atoms with Crippen LogP contribution in [0, 0.1) is 0 Å². The summed E-state index contributed by atoms with van der Waals surface area (Å²) in [5, 5.41) is 9.91. The van der Waals surface area contributed by atoms with Crippen LogP contribution in [-0.2, 0) is 31.3 Å². The first-order valence-corrected chi connectivity index (χ1v) is 6.72. The van der Waals surface area contributed by atoms with Crippen molar-refractivity contribution in [3.05, 3.63) is 17.0 Å². The van der Waals surface area contributed by atoms with E-state index in [0.29, 0.717) is 0 Å². The molecule has 0 spiro atoms. The highest BCUT2D eigenvalue weighted by Crippen LogP contribution is 2.23. The molecule has 5 heteroatoms. The van der Waals surface area contributed by atoms with Gasteiger partial charge in [-0.15, -0.1) is 0 Å². The predicted molar refractivity (Wildman–Crippen MR) is 71.2 cm³/mol. The molecule has 5 nitrogen and oxygen atoms in total. The quantitative estimate of drug-likeness (QED) is 0.603. The number of aryl methyl sites for hydroxylation is 2. The predicted octanol–water partition coefficient (Wildman–Crippen LogP) is 0.882. The van der Waals surface area contributed by atoms with Gasteiger partial charge in [0, 0.05) is 33.7 Å². The van der Waals surface area contributed by atoms with Crippen molar-refractivity contribution in [3.63, 3.8) is 0 Å². The van der Waals surface area contributed by atoms with Crippen LogP contribution in [0.15, 0.2) is 0 Å². The van der Waals surface area contributed by atoms with Crippen LogP contribution in [0.25, 0.3) is 0 Å². The Balaban J connectivity index is 1.87. The molecule has 1 aromatic heterocycles. The Kier molecular flexibility index (Phi) is 4.74. The molecule has 0 fully saturated rings. The first kappa shape index (κ1) is 13.5. The lowest BCUT2D eigenvalue weighted by Crippen LogP contribution is -2.29. The third-order valence-electron chi connectivity index (χ3n) is 3.66. The van der Waals surface area contributed by atoms with E-state index in [2.05, 4.69) is 17.5 Å². The van der Waals surface area contributed by atoms with Crippen molar-refractivity contribution in [1.29, 1.82) is 0 Å². The van der Waals surface area contributed by atoms with Crippen molar-refractivity contribution in [2.24, 2.45) is 7.05 Å². The minimum atomic E-state index is 0.885. The molecule has 0 aromatic carbocycles. The van der Waals surface area contributed by atoms with E-state index in [9.17, 15) is 0 Å². The lowest BCUT2D eigenvalue weighted by Gasteiger charge is -2.15. The van der Waals surface area contributed by atoms with Gasteiger partial charge < -0.3 is 10.2 Å². The molecular formula is C13H24N4O. The Bertz CT molecular complexity index is 389. The summed E-state index contributed by atoms with van der Waals surface area (Å²) in [7, 11) is 5.68. The summed E-state index contributed by atoms with van der Waals surface area (Å²) in [5.41, 5.74) is 4.15. The fraction of sp³-hybridized carbons (Fsp3) is 0.769. The van der Waals surface area contributed by atoms with Crippen molar-refractivity contribution in [2.45, 2.75) is 32.2 Å². The molecule has 0 saturated heterocycles. The van der Waals surface area contributed by atoms with E-state index in [1.54, 1.807) is 7.11 Å². The summed E-state index contributed by atoms with van der Waals surface area (Å²) >= 11 is 0. The largest absolute Gasteiger partial charge is 0.310 e. The Morgan fingerprint density at radius 2 is 2.17 bits per heavy atom. The van der Waals surface area contributed by atoms with E-state index < -0.39 is 0 Å². The molecule has 1 aliphatic rings. The van der Waals surface area contributed by atoms with Gasteiger partial charge in [-0.1, -0.05) is 0 Å². The lowest BCUT2D eigenvalue weighted by molar-refractivity contribution is -0.107. The summed E-state index contributed by atoms with van der Waals surface area (Å²) in [5.74, 6) is 0. The molecule has 0 unspecified atom stereocenters. The van der Waals surface area contributed by atoms with E-state index in [4.69, 9.17) is 4.84 Å². The van der Waals surface area contributed by atoms with Gasteiger partial charge in [-0.05, 0) is 31.2 Å². The number of nitrogens with one attached hydrogen (secondary N) is 1. The van der Waals surface area contributed by atoms with E-state index in [0.717, 1.165) is 26.1 Å². The minimum absolute atomic E-state index is 0.885. The zero-order valence-electron chi connectivity index (χ0n) is 11.7. The van der Waals surface area contributed by atoms with Crippen LogP contribution in [0.4, 0.5) is 0 Å². The first-order chi connectivity index (χ1) is 8.72. The summed E-state index contributed by atoms with van der Waals surface area (Å²) in [6.07, 6.45) is 4.93. The van der Waals surface area contributed by atoms with Crippen LogP contribution in [-0.4, -0.2) is 42.1 Å². The summed E-state index contributed by atoms with van der Waals surface area (Å²) in [6.45, 7) is 2.71. The minimum Gasteiger partial charge on any atom is -0.310 e. The zero-order valence-corrected chi connectivity index (χ0v) is 11.7. The maximum Gasteiger partial charge on any atom is 0.0659 e. The standard InChI is InChI=1S/C13H24N4O/c1-16(18-3)9-8-14-10-13-11-6-4-5-7-12(11)15-17(13)2/h14H,4-10H2,1-3H3. The molecule has 0 amide bonds. The van der Waals surface area contributed by atoms with Crippen LogP contribution in [0.5, 0.6) is 0 Å². The van der Waals surface area contributed by atoms with E-state index in [1.807, 2.05) is 16.8 Å². The van der Waals surface area contributed by atoms with Gasteiger partial charge in [-0.25, -0.2) is 0 Å². The van der Waals surface area contributed by atoms with Crippen LogP contribution >= 0.6 is 0 Å². The molecule has 0 atom stereocenters. The number of hydroxylamine groups is 2. The SMILES string of the molecule is CON(C)CCNCc1c2c(nn1C)CCCC2. The average molecular weight is 252 g/mol. The van der Waals surface area contributed by atoms with Crippen molar-refractivity contribution < 1.29 is 4.84 Å². The van der Waals surface area contributed by atoms with Crippen LogP contribution in [0.3, 0.4) is 0 Å². The second-order valence-corrected chi connectivity index (χ2v) is 4.91. The third-order valence-corrected chi connectivity index (χ3v) is 3.66. The molecular weight excluding hydrogens is 228 g/mol. The number of hydrogen-bond donors (Lipinski definition) is 1. The fourth-order valence-corrected chi connectivity index (χ4v) is 2.50. The highest BCUT2D eigenvalue weighted by atomic mass is 16.7. The van der Waals surface area contributed by atoms with Gasteiger partial charge in [-0.3, -0.25) is 4.68 Å². The van der Waals surface area contributed by atoms with Gasteiger partial charge >= 0.3 is 0 Å². The third kappa shape index (κ3) is 3.10. The van der Waals surface area contributed by atoms with Gasteiger partial charge in [0.15, 0.2) is 0 Å². The monoisotopic (exact) mass is 252 g/mol. The normalized spacial score (nSPS) is 15.1. The molecule has 2 rings (SSSR count). The molecule has 0 bridgehead atoms. The molecule has 0 aliphatic heterocycles. The first-order valence-electron chi connectivity index (χ1n) is 6.72. The molecule has 18 heavy (non-hydrogen) atoms. The van der Waals surface area contributed by atoms with Crippen molar-refractivity contribution in [3.8, 4) is 0 Å². The molecule has 0 saturated carbocycles. The highest BCUT2D eigenvalue weighted by molar-refractivity contribution is 5.28. The maximum atomic E-state index is 5.08. The average Bonchev–Trinajstić information content (AvgIpc) is 2.70. The lowest BCUT2D eigenvalue weighted by atomic mass is 9.96. The van der Waals surface area contributed by atoms with Crippen LogP contribution in [0.1, 0.15) is 29.8 Å². The number of likely N-dealkylation sites (N-methyl/N-ethyl adjacent to an activating group) is 1. The van der Waals surface area contributed by atoms with Crippen molar-refractivity contribution >= 4 is 0 Å².